The average Bonchev–Trinajstić information content (AvgIpc) is 3.42. The quantitative estimate of drug-likeness (QED) is 0.479. The van der Waals surface area contributed by atoms with Crippen LogP contribution < -0.4 is 9.47 Å². The molecule has 0 bridgehead atoms. The van der Waals surface area contributed by atoms with Crippen molar-refractivity contribution in [3.05, 3.63) is 47.8 Å². The van der Waals surface area contributed by atoms with Crippen LogP contribution in [0.1, 0.15) is 44.4 Å². The van der Waals surface area contributed by atoms with Crippen LogP contribution in [0.25, 0.3) is 10.9 Å². The zero-order valence-corrected chi connectivity index (χ0v) is 20.7. The Labute approximate surface area is 203 Å². The molecule has 0 aliphatic carbocycles. The molecule has 2 aliphatic rings. The topological polar surface area (TPSA) is 89.0 Å². The minimum absolute atomic E-state index is 0.103. The third-order valence-electron chi connectivity index (χ3n) is 5.91. The van der Waals surface area contributed by atoms with Crippen LogP contribution in [0.2, 0.25) is 0 Å². The second-order valence-electron chi connectivity index (χ2n) is 9.68. The van der Waals surface area contributed by atoms with E-state index in [0.29, 0.717) is 37.8 Å². The Morgan fingerprint density at radius 1 is 1.21 bits per heavy atom. The highest BCUT2D eigenvalue weighted by atomic mass is 32.2. The third kappa shape index (κ3) is 5.56. The van der Waals surface area contributed by atoms with Gasteiger partial charge >= 0.3 is 0 Å². The van der Waals surface area contributed by atoms with Crippen LogP contribution in [0.5, 0.6) is 17.4 Å². The molecule has 2 aliphatic heterocycles. The van der Waals surface area contributed by atoms with Crippen molar-refractivity contribution >= 4 is 27.7 Å². The Hall–Kier alpha value is -2.55. The number of aromatic nitrogens is 2. The number of H-pyrrole nitrogens is 1. The lowest BCUT2D eigenvalue weighted by Crippen LogP contribution is -2.26. The number of hydrogen-bond acceptors (Lipinski definition) is 7. The van der Waals surface area contributed by atoms with Crippen molar-refractivity contribution in [2.45, 2.75) is 57.0 Å². The molecule has 0 saturated carbocycles. The van der Waals surface area contributed by atoms with Gasteiger partial charge in [0.05, 0.1) is 36.6 Å². The van der Waals surface area contributed by atoms with Gasteiger partial charge in [0, 0.05) is 41.8 Å². The van der Waals surface area contributed by atoms with Crippen LogP contribution in [0.4, 0.5) is 0 Å². The van der Waals surface area contributed by atoms with Crippen molar-refractivity contribution in [2.24, 2.45) is 4.99 Å². The fourth-order valence-electron chi connectivity index (χ4n) is 4.29. The largest absolute Gasteiger partial charge is 0.488 e. The van der Waals surface area contributed by atoms with E-state index in [4.69, 9.17) is 19.2 Å². The second-order valence-corrected chi connectivity index (χ2v) is 11.0. The molecule has 7 nitrogen and oxygen atoms in total. The van der Waals surface area contributed by atoms with Crippen molar-refractivity contribution < 1.29 is 19.3 Å². The number of hydrogen-bond donors (Lipinski definition) is 2. The van der Waals surface area contributed by atoms with Crippen LogP contribution in [0, 0.1) is 6.92 Å². The Morgan fingerprint density at radius 2 is 2.03 bits per heavy atom. The fraction of sp³-hybridized carbons (Fsp3) is 0.462. The Kier molecular flexibility index (Phi) is 6.55. The number of nitrogens with zero attached hydrogens (tertiary/aromatic N) is 2. The second kappa shape index (κ2) is 9.60. The highest BCUT2D eigenvalue weighted by Gasteiger charge is 2.28. The number of aliphatic hydroxyl groups is 1. The molecule has 2 aromatic heterocycles. The molecule has 3 aromatic rings. The van der Waals surface area contributed by atoms with Gasteiger partial charge in [-0.1, -0.05) is 17.8 Å². The van der Waals surface area contributed by atoms with E-state index in [-0.39, 0.29) is 11.4 Å². The lowest BCUT2D eigenvalue weighted by molar-refractivity contribution is 0.0260. The summed E-state index contributed by atoms with van der Waals surface area (Å²) in [7, 11) is 0. The first-order valence-corrected chi connectivity index (χ1v) is 12.7. The van der Waals surface area contributed by atoms with Crippen LogP contribution >= 0.6 is 11.8 Å². The summed E-state index contributed by atoms with van der Waals surface area (Å²) in [6.45, 7) is 7.82. The summed E-state index contributed by atoms with van der Waals surface area (Å²) in [6, 6.07) is 9.88. The van der Waals surface area contributed by atoms with Gasteiger partial charge < -0.3 is 24.3 Å². The zero-order chi connectivity index (χ0) is 23.7. The van der Waals surface area contributed by atoms with Crippen molar-refractivity contribution in [3.63, 3.8) is 0 Å². The van der Waals surface area contributed by atoms with Gasteiger partial charge in [-0.3, -0.25) is 4.99 Å². The molecule has 1 unspecified atom stereocenters. The molecule has 0 spiro atoms. The maximum absolute atomic E-state index is 10.2. The van der Waals surface area contributed by atoms with Crippen molar-refractivity contribution in [1.29, 1.82) is 0 Å². The van der Waals surface area contributed by atoms with E-state index in [0.717, 1.165) is 45.8 Å². The summed E-state index contributed by atoms with van der Waals surface area (Å²) in [5.41, 5.74) is 2.27. The number of aromatic amines is 1. The van der Waals surface area contributed by atoms with Gasteiger partial charge in [-0.25, -0.2) is 4.98 Å². The van der Waals surface area contributed by atoms with Gasteiger partial charge in [0.15, 0.2) is 0 Å². The number of aryl methyl sites for hydroxylation is 1. The molecular formula is C26H31N3O4S. The van der Waals surface area contributed by atoms with Crippen LogP contribution in [-0.4, -0.2) is 56.8 Å². The average molecular weight is 482 g/mol. The van der Waals surface area contributed by atoms with Crippen molar-refractivity contribution in [2.75, 3.05) is 19.8 Å². The Bertz CT molecular complexity index is 1180. The van der Waals surface area contributed by atoms with Gasteiger partial charge in [-0.2, -0.15) is 0 Å². The molecule has 1 saturated heterocycles. The minimum atomic E-state index is -0.704. The number of pyridine rings is 1. The third-order valence-corrected chi connectivity index (χ3v) is 7.13. The summed E-state index contributed by atoms with van der Waals surface area (Å²) in [5, 5.41) is 12.4. The maximum Gasteiger partial charge on any atom is 0.219 e. The SMILES string of the molecule is Cc1ccc(Oc2cc(OC3CCOCC3)c3[nH]c(C4=NCC(CC(C)(C)O)S4)cc3c2)nc1. The predicted octanol–water partition coefficient (Wildman–Crippen LogP) is 5.24. The number of fused-ring (bicyclic) bond motifs is 1. The summed E-state index contributed by atoms with van der Waals surface area (Å²) in [4.78, 5) is 12.7. The number of aliphatic imine (C=N–C) groups is 1. The highest BCUT2D eigenvalue weighted by molar-refractivity contribution is 8.15. The molecule has 4 heterocycles. The summed E-state index contributed by atoms with van der Waals surface area (Å²) in [5.74, 6) is 1.98. The monoisotopic (exact) mass is 481 g/mol. The predicted molar refractivity (Wildman–Crippen MR) is 136 cm³/mol. The first-order valence-electron chi connectivity index (χ1n) is 11.8. The van der Waals surface area contributed by atoms with E-state index in [1.54, 1.807) is 18.0 Å². The molecule has 0 amide bonds. The molecule has 180 valence electrons. The Balaban J connectivity index is 1.44. The molecule has 2 N–H and O–H groups in total. The molecular weight excluding hydrogens is 450 g/mol. The van der Waals surface area contributed by atoms with Crippen LogP contribution in [0.15, 0.2) is 41.5 Å². The number of rotatable bonds is 7. The van der Waals surface area contributed by atoms with Gasteiger partial charge in [-0.05, 0) is 44.9 Å². The summed E-state index contributed by atoms with van der Waals surface area (Å²) in [6.07, 6.45) is 4.32. The van der Waals surface area contributed by atoms with Gasteiger partial charge in [0.25, 0.3) is 0 Å². The van der Waals surface area contributed by atoms with E-state index in [2.05, 4.69) is 16.0 Å². The van der Waals surface area contributed by atoms with E-state index < -0.39 is 5.60 Å². The molecule has 1 atom stereocenters. The smallest absolute Gasteiger partial charge is 0.219 e. The van der Waals surface area contributed by atoms with Gasteiger partial charge in [-0.15, -0.1) is 0 Å². The van der Waals surface area contributed by atoms with Gasteiger partial charge in [0.1, 0.15) is 22.6 Å². The highest BCUT2D eigenvalue weighted by Crippen LogP contribution is 2.37. The lowest BCUT2D eigenvalue weighted by Gasteiger charge is -2.23. The summed E-state index contributed by atoms with van der Waals surface area (Å²) < 4.78 is 18.0. The normalized spacial score (nSPS) is 19.4. The van der Waals surface area contributed by atoms with E-state index in [1.807, 2.05) is 45.0 Å². The standard InChI is InChI=1S/C26H31N3O4S/c1-16-4-5-23(27-14-16)33-19-10-17-11-21(25-28-15-20(34-25)13-26(2,3)30)29-24(17)22(12-19)32-18-6-8-31-9-7-18/h4-5,10-12,14,18,20,29-30H,6-9,13,15H2,1-3H3. The van der Waals surface area contributed by atoms with E-state index in [1.165, 1.54) is 0 Å². The number of thioether (sulfide) groups is 1. The molecule has 34 heavy (non-hydrogen) atoms. The lowest BCUT2D eigenvalue weighted by atomic mass is 10.0. The number of nitrogens with one attached hydrogen (secondary N) is 1. The molecule has 1 fully saturated rings. The fourth-order valence-corrected chi connectivity index (χ4v) is 5.63. The molecule has 8 heteroatoms. The molecule has 0 radical (unpaired) electrons. The van der Waals surface area contributed by atoms with Crippen molar-refractivity contribution in [1.82, 2.24) is 9.97 Å². The zero-order valence-electron chi connectivity index (χ0n) is 19.8. The molecule has 5 rings (SSSR count). The van der Waals surface area contributed by atoms with Gasteiger partial charge in [0.2, 0.25) is 5.88 Å². The van der Waals surface area contributed by atoms with Crippen LogP contribution in [-0.2, 0) is 4.74 Å². The number of ether oxygens (including phenoxy) is 3. The minimum Gasteiger partial charge on any atom is -0.488 e. The Morgan fingerprint density at radius 3 is 2.76 bits per heavy atom. The maximum atomic E-state index is 10.2. The summed E-state index contributed by atoms with van der Waals surface area (Å²) >= 11 is 1.72. The van der Waals surface area contributed by atoms with E-state index in [9.17, 15) is 5.11 Å². The first-order chi connectivity index (χ1) is 16.3. The van der Waals surface area contributed by atoms with E-state index >= 15 is 0 Å². The molecule has 1 aromatic carbocycles. The first kappa shape index (κ1) is 23.2. The number of benzene rings is 1. The van der Waals surface area contributed by atoms with Crippen molar-refractivity contribution in [3.8, 4) is 17.4 Å². The van der Waals surface area contributed by atoms with Crippen LogP contribution in [0.3, 0.4) is 0 Å².